The van der Waals surface area contributed by atoms with Crippen molar-refractivity contribution in [3.05, 3.63) is 35.9 Å². The van der Waals surface area contributed by atoms with Crippen molar-refractivity contribution >= 4 is 41.4 Å². The monoisotopic (exact) mass is 466 g/mol. The van der Waals surface area contributed by atoms with Gasteiger partial charge in [-0.3, -0.25) is 14.9 Å². The maximum atomic E-state index is 13.2. The molecule has 3 atom stereocenters. The van der Waals surface area contributed by atoms with Gasteiger partial charge in [0.25, 0.3) is 0 Å². The summed E-state index contributed by atoms with van der Waals surface area (Å²) >= 11 is 3.50. The van der Waals surface area contributed by atoms with E-state index in [1.807, 2.05) is 30.3 Å². The zero-order valence-corrected chi connectivity index (χ0v) is 19.5. The number of aliphatic carboxylic acids is 1. The van der Waals surface area contributed by atoms with Gasteiger partial charge in [-0.1, -0.05) is 30.3 Å². The lowest BCUT2D eigenvalue weighted by molar-refractivity contribution is -0.150. The van der Waals surface area contributed by atoms with Crippen LogP contribution in [0.1, 0.15) is 32.3 Å². The van der Waals surface area contributed by atoms with Crippen LogP contribution in [0.5, 0.6) is 0 Å². The first-order valence-corrected chi connectivity index (χ1v) is 12.6. The van der Waals surface area contributed by atoms with E-state index in [0.717, 1.165) is 17.1 Å². The van der Waals surface area contributed by atoms with E-state index in [-0.39, 0.29) is 16.6 Å². The Hall–Kier alpha value is -1.71. The van der Waals surface area contributed by atoms with Gasteiger partial charge in [0, 0.05) is 24.5 Å². The van der Waals surface area contributed by atoms with Crippen LogP contribution in [0.4, 0.5) is 0 Å². The molecule has 31 heavy (non-hydrogen) atoms. The van der Waals surface area contributed by atoms with Crippen molar-refractivity contribution < 1.29 is 24.2 Å². The molecule has 2 fully saturated rings. The molecule has 2 saturated heterocycles. The van der Waals surface area contributed by atoms with Crippen LogP contribution in [-0.4, -0.2) is 74.7 Å². The largest absolute Gasteiger partial charge is 0.480 e. The Morgan fingerprint density at radius 1 is 1.26 bits per heavy atom. The van der Waals surface area contributed by atoms with E-state index in [1.54, 1.807) is 37.4 Å². The molecular weight excluding hydrogens is 436 g/mol. The number of carbonyl (C=O) groups is 3. The molecule has 0 aromatic heterocycles. The van der Waals surface area contributed by atoms with Crippen LogP contribution in [-0.2, 0) is 25.5 Å². The second-order valence-electron chi connectivity index (χ2n) is 7.85. The number of carboxylic acids is 1. The fourth-order valence-electron chi connectivity index (χ4n) is 4.09. The average Bonchev–Trinajstić information content (AvgIpc) is 3.38. The van der Waals surface area contributed by atoms with Crippen LogP contribution in [0.25, 0.3) is 0 Å². The third kappa shape index (κ3) is 5.96. The third-order valence-corrected chi connectivity index (χ3v) is 9.06. The summed E-state index contributed by atoms with van der Waals surface area (Å²) in [5.74, 6) is 0.282. The number of benzene rings is 1. The molecule has 2 heterocycles. The van der Waals surface area contributed by atoms with Crippen LogP contribution < -0.4 is 5.32 Å². The summed E-state index contributed by atoms with van der Waals surface area (Å²) in [5, 5.41) is 12.8. The van der Waals surface area contributed by atoms with Crippen LogP contribution >= 0.6 is 23.5 Å². The number of hydrogen-bond donors (Lipinski definition) is 2. The number of ether oxygens (including phenoxy) is 1. The van der Waals surface area contributed by atoms with Crippen LogP contribution in [0, 0.1) is 0 Å². The van der Waals surface area contributed by atoms with Gasteiger partial charge in [-0.05, 0) is 32.3 Å². The van der Waals surface area contributed by atoms with E-state index in [2.05, 4.69) is 5.32 Å². The first-order chi connectivity index (χ1) is 14.8. The molecule has 0 radical (unpaired) electrons. The molecule has 1 aromatic carbocycles. The number of amides is 1. The lowest BCUT2D eigenvalue weighted by atomic mass is 10.0. The Kier molecular flexibility index (Phi) is 8.30. The molecule has 7 nitrogen and oxygen atoms in total. The number of rotatable bonds is 9. The lowest BCUT2D eigenvalue weighted by Gasteiger charge is -2.28. The fraction of sp³-hybridized carbons (Fsp3) is 0.591. The standard InChI is InChI=1S/C22H30N2O5S2/c1-3-29-21(28)17(10-9-16-7-5-4-6-8-16)23-15(2)19(25)24-14-22(30-11-12-31-22)13-18(24)20(26)27/h4-8,15,17-18,23H,3,9-14H2,1-2H3,(H,26,27)/t15?,17-,18?/m0/s1. The molecule has 170 valence electrons. The first kappa shape index (κ1) is 23.9. The number of likely N-dealkylation sites (tertiary alicyclic amines) is 1. The average molecular weight is 467 g/mol. The van der Waals surface area contributed by atoms with Crippen molar-refractivity contribution in [1.82, 2.24) is 10.2 Å². The Morgan fingerprint density at radius 2 is 1.94 bits per heavy atom. The van der Waals surface area contributed by atoms with E-state index in [4.69, 9.17) is 4.74 Å². The number of hydrogen-bond acceptors (Lipinski definition) is 7. The number of esters is 1. The third-order valence-electron chi connectivity index (χ3n) is 5.63. The zero-order valence-electron chi connectivity index (χ0n) is 17.9. The molecule has 9 heteroatoms. The predicted molar refractivity (Wildman–Crippen MR) is 123 cm³/mol. The molecule has 0 saturated carbocycles. The first-order valence-electron chi connectivity index (χ1n) is 10.6. The number of nitrogens with one attached hydrogen (secondary N) is 1. The second-order valence-corrected chi connectivity index (χ2v) is 11.1. The van der Waals surface area contributed by atoms with E-state index >= 15 is 0 Å². The minimum atomic E-state index is -0.975. The molecule has 3 rings (SSSR count). The number of thioether (sulfide) groups is 2. The Bertz CT molecular complexity index is 785. The SMILES string of the molecule is CCOC(=O)[C@H](CCc1ccccc1)NC(C)C(=O)N1CC2(CC1C(=O)O)SCCS2. The Balaban J connectivity index is 1.67. The van der Waals surface area contributed by atoms with Gasteiger partial charge in [-0.2, -0.15) is 0 Å². The highest BCUT2D eigenvalue weighted by molar-refractivity contribution is 8.21. The predicted octanol–water partition coefficient (Wildman–Crippen LogP) is 2.39. The summed E-state index contributed by atoms with van der Waals surface area (Å²) in [6.45, 7) is 4.11. The van der Waals surface area contributed by atoms with E-state index in [9.17, 15) is 19.5 Å². The smallest absolute Gasteiger partial charge is 0.326 e. The quantitative estimate of drug-likeness (QED) is 0.536. The Labute approximate surface area is 191 Å². The van der Waals surface area contributed by atoms with E-state index < -0.39 is 30.1 Å². The molecule has 0 bridgehead atoms. The number of aryl methyl sites for hydroxylation is 1. The topological polar surface area (TPSA) is 95.9 Å². The molecular formula is C22H30N2O5S2. The Morgan fingerprint density at radius 3 is 2.55 bits per heavy atom. The molecule has 2 aliphatic heterocycles. The van der Waals surface area contributed by atoms with E-state index in [0.29, 0.717) is 25.8 Å². The zero-order chi connectivity index (χ0) is 22.4. The van der Waals surface area contributed by atoms with Gasteiger partial charge in [-0.15, -0.1) is 23.5 Å². The minimum absolute atomic E-state index is 0.230. The highest BCUT2D eigenvalue weighted by atomic mass is 32.2. The summed E-state index contributed by atoms with van der Waals surface area (Å²) in [6, 6.07) is 7.65. The fourth-order valence-corrected chi connectivity index (χ4v) is 7.34. The van der Waals surface area contributed by atoms with Gasteiger partial charge >= 0.3 is 11.9 Å². The van der Waals surface area contributed by atoms with Crippen LogP contribution in [0.15, 0.2) is 30.3 Å². The molecule has 1 amide bonds. The summed E-state index contributed by atoms with van der Waals surface area (Å²) in [4.78, 5) is 39.1. The van der Waals surface area contributed by atoms with Gasteiger partial charge in [-0.25, -0.2) is 4.79 Å². The highest BCUT2D eigenvalue weighted by Gasteiger charge is 2.52. The van der Waals surface area contributed by atoms with Gasteiger partial charge in [0.15, 0.2) is 0 Å². The van der Waals surface area contributed by atoms with Crippen LogP contribution in [0.3, 0.4) is 0 Å². The van der Waals surface area contributed by atoms with Crippen molar-refractivity contribution in [2.45, 2.75) is 55.3 Å². The molecule has 2 N–H and O–H groups in total. The number of carboxylic acid groups (broad SMARTS) is 1. The number of nitrogens with zero attached hydrogens (tertiary/aromatic N) is 1. The van der Waals surface area contributed by atoms with Crippen LogP contribution in [0.2, 0.25) is 0 Å². The molecule has 1 aromatic rings. The van der Waals surface area contributed by atoms with Crippen molar-refractivity contribution in [3.63, 3.8) is 0 Å². The van der Waals surface area contributed by atoms with Gasteiger partial charge < -0.3 is 14.7 Å². The number of carbonyl (C=O) groups excluding carboxylic acids is 2. The second kappa shape index (κ2) is 10.7. The summed E-state index contributed by atoms with van der Waals surface area (Å²) in [6.07, 6.45) is 1.60. The van der Waals surface area contributed by atoms with Crippen molar-refractivity contribution in [1.29, 1.82) is 0 Å². The summed E-state index contributed by atoms with van der Waals surface area (Å²) < 4.78 is 4.98. The van der Waals surface area contributed by atoms with E-state index in [1.165, 1.54) is 4.90 Å². The van der Waals surface area contributed by atoms with Gasteiger partial charge in [0.1, 0.15) is 12.1 Å². The van der Waals surface area contributed by atoms with Gasteiger partial charge in [0.2, 0.25) is 5.91 Å². The lowest BCUT2D eigenvalue weighted by Crippen LogP contribution is -2.53. The van der Waals surface area contributed by atoms with Crippen molar-refractivity contribution in [2.24, 2.45) is 0 Å². The maximum Gasteiger partial charge on any atom is 0.326 e. The normalized spacial score (nSPS) is 21.7. The minimum Gasteiger partial charge on any atom is -0.480 e. The maximum absolute atomic E-state index is 13.2. The molecule has 1 spiro atoms. The highest BCUT2D eigenvalue weighted by Crippen LogP contribution is 2.51. The molecule has 2 unspecified atom stereocenters. The molecule has 0 aliphatic carbocycles. The summed E-state index contributed by atoms with van der Waals surface area (Å²) in [5.41, 5.74) is 1.10. The van der Waals surface area contributed by atoms with Gasteiger partial charge in [0.05, 0.1) is 16.7 Å². The summed E-state index contributed by atoms with van der Waals surface area (Å²) in [7, 11) is 0. The molecule has 2 aliphatic rings. The van der Waals surface area contributed by atoms with Crippen molar-refractivity contribution in [2.75, 3.05) is 24.7 Å². The van der Waals surface area contributed by atoms with Crippen molar-refractivity contribution in [3.8, 4) is 0 Å².